The lowest BCUT2D eigenvalue weighted by atomic mass is 10.2. The first-order valence-corrected chi connectivity index (χ1v) is 4.51. The van der Waals surface area contributed by atoms with Crippen molar-refractivity contribution in [3.8, 4) is 6.07 Å². The third-order valence-corrected chi connectivity index (χ3v) is 2.13. The van der Waals surface area contributed by atoms with Gasteiger partial charge < -0.3 is 4.90 Å². The van der Waals surface area contributed by atoms with Crippen LogP contribution in [-0.4, -0.2) is 24.4 Å². The highest BCUT2D eigenvalue weighted by Crippen LogP contribution is 2.18. The van der Waals surface area contributed by atoms with Crippen LogP contribution < -0.4 is 0 Å². The van der Waals surface area contributed by atoms with E-state index in [0.717, 1.165) is 12.1 Å². The van der Waals surface area contributed by atoms with Crippen molar-refractivity contribution in [3.63, 3.8) is 0 Å². The first-order valence-electron chi connectivity index (χ1n) is 4.13. The summed E-state index contributed by atoms with van der Waals surface area (Å²) in [5.41, 5.74) is 0.191. The molecule has 1 aromatic carbocycles. The molecule has 15 heavy (non-hydrogen) atoms. The van der Waals surface area contributed by atoms with E-state index >= 15 is 0 Å². The van der Waals surface area contributed by atoms with Gasteiger partial charge in [0.2, 0.25) is 0 Å². The zero-order valence-corrected chi connectivity index (χ0v) is 8.75. The molecule has 0 saturated heterocycles. The van der Waals surface area contributed by atoms with Crippen LogP contribution in [-0.2, 0) is 0 Å². The van der Waals surface area contributed by atoms with Crippen molar-refractivity contribution in [2.45, 2.75) is 0 Å². The normalized spacial score (nSPS) is 9.47. The number of benzene rings is 1. The molecule has 0 aromatic heterocycles. The number of rotatable bonds is 2. The third kappa shape index (κ3) is 2.67. The molecular weight excluding hydrogens is 219 g/mol. The Hall–Kier alpha value is -1.60. The van der Waals surface area contributed by atoms with Crippen molar-refractivity contribution in [2.24, 2.45) is 0 Å². The monoisotopic (exact) mass is 226 g/mol. The lowest BCUT2D eigenvalue weighted by molar-refractivity contribution is 0.0812. The maximum atomic E-state index is 12.7. The van der Waals surface area contributed by atoms with Crippen LogP contribution in [0.4, 0.5) is 4.39 Å². The van der Waals surface area contributed by atoms with Crippen LogP contribution >= 0.6 is 11.6 Å². The van der Waals surface area contributed by atoms with E-state index in [2.05, 4.69) is 0 Å². The van der Waals surface area contributed by atoms with Crippen molar-refractivity contribution >= 4 is 17.5 Å². The molecule has 0 radical (unpaired) electrons. The van der Waals surface area contributed by atoms with Crippen LogP contribution in [0, 0.1) is 17.1 Å². The molecular formula is C10H8ClFN2O. The predicted octanol–water partition coefficient (Wildman–Crippen LogP) is 2.07. The molecule has 1 rings (SSSR count). The van der Waals surface area contributed by atoms with Gasteiger partial charge in [0.05, 0.1) is 16.7 Å². The molecule has 0 fully saturated rings. The molecule has 0 heterocycles. The van der Waals surface area contributed by atoms with Gasteiger partial charge >= 0.3 is 0 Å². The molecule has 0 bridgehead atoms. The average molecular weight is 227 g/mol. The molecule has 3 nitrogen and oxygen atoms in total. The zero-order valence-electron chi connectivity index (χ0n) is 8.00. The summed E-state index contributed by atoms with van der Waals surface area (Å²) in [5, 5.41) is 8.46. The van der Waals surface area contributed by atoms with Crippen LogP contribution in [0.15, 0.2) is 18.2 Å². The fourth-order valence-electron chi connectivity index (χ4n) is 1.05. The van der Waals surface area contributed by atoms with Crippen molar-refractivity contribution in [2.75, 3.05) is 13.6 Å². The van der Waals surface area contributed by atoms with Crippen LogP contribution in [0.2, 0.25) is 5.02 Å². The van der Waals surface area contributed by atoms with Gasteiger partial charge in [-0.3, -0.25) is 4.79 Å². The molecule has 0 aliphatic carbocycles. The fraction of sp³-hybridized carbons (Fsp3) is 0.200. The molecule has 5 heteroatoms. The Labute approximate surface area is 91.7 Å². The first kappa shape index (κ1) is 11.5. The molecule has 0 unspecified atom stereocenters. The van der Waals surface area contributed by atoms with E-state index in [4.69, 9.17) is 16.9 Å². The Kier molecular flexibility index (Phi) is 3.64. The largest absolute Gasteiger partial charge is 0.328 e. The minimum Gasteiger partial charge on any atom is -0.328 e. The summed E-state index contributed by atoms with van der Waals surface area (Å²) < 4.78 is 12.7. The number of carbonyl (C=O) groups excluding carboxylic acids is 1. The fourth-order valence-corrected chi connectivity index (χ4v) is 1.29. The van der Waals surface area contributed by atoms with Gasteiger partial charge in [-0.1, -0.05) is 11.6 Å². The second-order valence-corrected chi connectivity index (χ2v) is 3.35. The molecule has 0 N–H and O–H groups in total. The summed E-state index contributed by atoms with van der Waals surface area (Å²) in [5.74, 6) is -0.902. The number of carbonyl (C=O) groups is 1. The Bertz CT molecular complexity index is 428. The molecule has 1 aromatic rings. The van der Waals surface area contributed by atoms with Crippen molar-refractivity contribution in [3.05, 3.63) is 34.6 Å². The van der Waals surface area contributed by atoms with Gasteiger partial charge in [-0.25, -0.2) is 4.39 Å². The number of amides is 1. The van der Waals surface area contributed by atoms with Gasteiger partial charge in [0.1, 0.15) is 12.4 Å². The minimum atomic E-state index is -0.500. The molecule has 0 aliphatic rings. The smallest absolute Gasteiger partial charge is 0.255 e. The minimum absolute atomic E-state index is 0.0352. The van der Waals surface area contributed by atoms with E-state index in [1.807, 2.05) is 6.07 Å². The second-order valence-electron chi connectivity index (χ2n) is 2.94. The van der Waals surface area contributed by atoms with Crippen LogP contribution in [0.1, 0.15) is 10.4 Å². The summed E-state index contributed by atoms with van der Waals surface area (Å²) >= 11 is 5.70. The first-order chi connectivity index (χ1) is 7.06. The topological polar surface area (TPSA) is 44.1 Å². The Morgan fingerprint density at radius 3 is 2.87 bits per heavy atom. The summed E-state index contributed by atoms with van der Waals surface area (Å²) in [6.45, 7) is -0.0352. The van der Waals surface area contributed by atoms with Gasteiger partial charge in [-0.05, 0) is 18.2 Å². The van der Waals surface area contributed by atoms with Crippen LogP contribution in [0.3, 0.4) is 0 Å². The van der Waals surface area contributed by atoms with Crippen molar-refractivity contribution < 1.29 is 9.18 Å². The maximum Gasteiger partial charge on any atom is 0.255 e. The lowest BCUT2D eigenvalue weighted by Crippen LogP contribution is -2.27. The Morgan fingerprint density at radius 2 is 2.33 bits per heavy atom. The maximum absolute atomic E-state index is 12.7. The molecule has 78 valence electrons. The van der Waals surface area contributed by atoms with Crippen LogP contribution in [0.25, 0.3) is 0 Å². The molecule has 1 amide bonds. The standard InChI is InChI=1S/C10H8ClFN2O/c1-14(5-4-13)10(15)8-3-2-7(12)6-9(8)11/h2-3,6H,5H2,1H3. The second kappa shape index (κ2) is 4.76. The number of nitriles is 1. The number of halogens is 2. The van der Waals surface area contributed by atoms with E-state index < -0.39 is 11.7 Å². The average Bonchev–Trinajstić information content (AvgIpc) is 2.17. The summed E-state index contributed by atoms with van der Waals surface area (Å²) in [7, 11) is 1.48. The zero-order chi connectivity index (χ0) is 11.4. The Balaban J connectivity index is 2.97. The summed E-state index contributed by atoms with van der Waals surface area (Å²) in [6.07, 6.45) is 0. The van der Waals surface area contributed by atoms with E-state index in [-0.39, 0.29) is 17.1 Å². The highest BCUT2D eigenvalue weighted by atomic mass is 35.5. The van der Waals surface area contributed by atoms with E-state index in [9.17, 15) is 9.18 Å². The quantitative estimate of drug-likeness (QED) is 0.725. The van der Waals surface area contributed by atoms with Gasteiger partial charge in [-0.2, -0.15) is 5.26 Å². The third-order valence-electron chi connectivity index (χ3n) is 1.82. The molecule has 0 atom stereocenters. The van der Waals surface area contributed by atoms with E-state index in [1.165, 1.54) is 18.0 Å². The number of hydrogen-bond acceptors (Lipinski definition) is 2. The summed E-state index contributed by atoms with van der Waals surface area (Å²) in [6, 6.07) is 5.35. The highest BCUT2D eigenvalue weighted by Gasteiger charge is 2.14. The SMILES string of the molecule is CN(CC#N)C(=O)c1ccc(F)cc1Cl. The highest BCUT2D eigenvalue weighted by molar-refractivity contribution is 6.33. The van der Waals surface area contributed by atoms with Gasteiger partial charge in [0, 0.05) is 7.05 Å². The van der Waals surface area contributed by atoms with Gasteiger partial charge in [-0.15, -0.1) is 0 Å². The lowest BCUT2D eigenvalue weighted by Gasteiger charge is -2.13. The molecule has 0 aliphatic heterocycles. The molecule has 0 spiro atoms. The molecule has 0 saturated carbocycles. The predicted molar refractivity (Wildman–Crippen MR) is 54.0 cm³/mol. The van der Waals surface area contributed by atoms with E-state index in [1.54, 1.807) is 0 Å². The van der Waals surface area contributed by atoms with Gasteiger partial charge in [0.25, 0.3) is 5.91 Å². The number of hydrogen-bond donors (Lipinski definition) is 0. The number of nitrogens with zero attached hydrogens (tertiary/aromatic N) is 2. The van der Waals surface area contributed by atoms with Crippen molar-refractivity contribution in [1.82, 2.24) is 4.90 Å². The summed E-state index contributed by atoms with van der Waals surface area (Å²) in [4.78, 5) is 12.8. The van der Waals surface area contributed by atoms with E-state index in [0.29, 0.717) is 0 Å². The Morgan fingerprint density at radius 1 is 1.67 bits per heavy atom. The van der Waals surface area contributed by atoms with Crippen molar-refractivity contribution in [1.29, 1.82) is 5.26 Å². The van der Waals surface area contributed by atoms with Gasteiger partial charge in [0.15, 0.2) is 0 Å². The van der Waals surface area contributed by atoms with Crippen LogP contribution in [0.5, 0.6) is 0 Å².